The lowest BCUT2D eigenvalue weighted by atomic mass is 10.0. The second kappa shape index (κ2) is 21.3. The minimum absolute atomic E-state index is 0. The summed E-state index contributed by atoms with van der Waals surface area (Å²) in [5, 5.41) is 31.0. The fraction of sp³-hybridized carbons (Fsp3) is 0.714. The number of nitrogens with zero attached hydrogens (tertiary/aromatic N) is 1. The van der Waals surface area contributed by atoms with Crippen LogP contribution < -0.4 is 10.1 Å². The lowest BCUT2D eigenvalue weighted by molar-refractivity contribution is -0.192. The third kappa shape index (κ3) is 17.2. The van der Waals surface area contributed by atoms with Gasteiger partial charge in [0.15, 0.2) is 0 Å². The highest BCUT2D eigenvalue weighted by Crippen LogP contribution is 2.23. The van der Waals surface area contributed by atoms with Crippen LogP contribution in [-0.2, 0) is 14.3 Å². The standard InChI is InChI=1S/C25H41FN2O5.C2HF3O2.CH4/c1-2-3-16-33-22-10-8-20(9-11-22)25(31)23(19-28-14-12-21(29)18-28)27-24(30)7-5-4-6-15-32-17-13-26;3-2(4,5)1(6)7;/h8-11,21,23,25,29,31H,2-7,12-19H2,1H3,(H,27,30);(H,6,7);1H4/t21-,23+,25+;;/m0../s1. The SMILES string of the molecule is C.CCCCOc1ccc([C@@H](O)[C@@H](CN2CC[C@H](O)C2)NC(=O)CCCCCOCCF)cc1.O=C(O)C(F)(F)F. The highest BCUT2D eigenvalue weighted by molar-refractivity contribution is 5.76. The Hall–Kier alpha value is -2.48. The Balaban J connectivity index is 0.00000177. The van der Waals surface area contributed by atoms with Crippen molar-refractivity contribution >= 4 is 11.9 Å². The highest BCUT2D eigenvalue weighted by atomic mass is 19.4. The van der Waals surface area contributed by atoms with Crippen molar-refractivity contribution in [3.05, 3.63) is 29.8 Å². The fourth-order valence-corrected chi connectivity index (χ4v) is 3.91. The Bertz CT molecular complexity index is 844. The smallest absolute Gasteiger partial charge is 0.490 e. The van der Waals surface area contributed by atoms with Crippen LogP contribution >= 0.6 is 0 Å². The Morgan fingerprint density at radius 1 is 1.10 bits per heavy atom. The van der Waals surface area contributed by atoms with Crippen molar-refractivity contribution in [1.82, 2.24) is 10.2 Å². The Morgan fingerprint density at radius 2 is 1.76 bits per heavy atom. The van der Waals surface area contributed by atoms with Gasteiger partial charge in [0.05, 0.1) is 25.4 Å². The van der Waals surface area contributed by atoms with E-state index in [0.717, 1.165) is 38.0 Å². The number of hydrogen-bond acceptors (Lipinski definition) is 7. The van der Waals surface area contributed by atoms with Crippen LogP contribution in [0.4, 0.5) is 17.6 Å². The van der Waals surface area contributed by atoms with Gasteiger partial charge in [-0.1, -0.05) is 39.3 Å². The molecule has 2 rings (SSSR count). The van der Waals surface area contributed by atoms with Crippen LogP contribution in [0.3, 0.4) is 0 Å². The number of alkyl halides is 4. The van der Waals surface area contributed by atoms with Crippen molar-refractivity contribution in [2.75, 3.05) is 46.1 Å². The van der Waals surface area contributed by atoms with Crippen molar-refractivity contribution in [3.63, 3.8) is 0 Å². The van der Waals surface area contributed by atoms with Crippen LogP contribution in [0.1, 0.15) is 71.0 Å². The number of halogens is 4. The van der Waals surface area contributed by atoms with E-state index in [1.54, 1.807) is 0 Å². The average Bonchev–Trinajstić information content (AvgIpc) is 3.32. The minimum atomic E-state index is -5.08. The Labute approximate surface area is 239 Å². The second-order valence-electron chi connectivity index (χ2n) is 9.51. The number of hydrogen-bond donors (Lipinski definition) is 4. The van der Waals surface area contributed by atoms with E-state index in [1.165, 1.54) is 0 Å². The summed E-state index contributed by atoms with van der Waals surface area (Å²) in [5.74, 6) is -2.10. The molecule has 0 spiro atoms. The van der Waals surface area contributed by atoms with Gasteiger partial charge >= 0.3 is 12.1 Å². The van der Waals surface area contributed by atoms with Gasteiger partial charge in [-0.15, -0.1) is 0 Å². The molecule has 1 amide bonds. The number of carbonyl (C=O) groups excluding carboxylic acids is 1. The summed E-state index contributed by atoms with van der Waals surface area (Å²) in [7, 11) is 0. The van der Waals surface area contributed by atoms with Crippen LogP contribution in [0.15, 0.2) is 24.3 Å². The minimum Gasteiger partial charge on any atom is -0.494 e. The van der Waals surface area contributed by atoms with Crippen LogP contribution in [-0.4, -0.2) is 96.5 Å². The van der Waals surface area contributed by atoms with E-state index in [0.29, 0.717) is 51.1 Å². The first kappa shape index (κ1) is 38.5. The average molecular weight is 599 g/mol. The van der Waals surface area contributed by atoms with Gasteiger partial charge in [0.25, 0.3) is 0 Å². The number of carboxylic acids is 1. The molecule has 41 heavy (non-hydrogen) atoms. The molecule has 1 heterocycles. The maximum atomic E-state index is 12.6. The van der Waals surface area contributed by atoms with Crippen LogP contribution in [0.2, 0.25) is 0 Å². The number of aliphatic carboxylic acids is 1. The molecule has 0 radical (unpaired) electrons. The number of aliphatic hydroxyl groups is 2. The number of carboxylic acid groups (broad SMARTS) is 1. The molecule has 0 bridgehead atoms. The molecule has 0 unspecified atom stereocenters. The summed E-state index contributed by atoms with van der Waals surface area (Å²) >= 11 is 0. The van der Waals surface area contributed by atoms with Gasteiger partial charge in [-0.05, 0) is 43.4 Å². The van der Waals surface area contributed by atoms with E-state index in [-0.39, 0.29) is 26.0 Å². The number of likely N-dealkylation sites (tertiary alicyclic amines) is 1. The maximum absolute atomic E-state index is 12.6. The van der Waals surface area contributed by atoms with Gasteiger partial charge in [0.2, 0.25) is 5.91 Å². The molecule has 1 aliphatic heterocycles. The molecule has 0 saturated carbocycles. The van der Waals surface area contributed by atoms with E-state index in [4.69, 9.17) is 19.4 Å². The number of unbranched alkanes of at least 4 members (excludes halogenated alkanes) is 3. The first-order valence-corrected chi connectivity index (χ1v) is 13.5. The first-order valence-electron chi connectivity index (χ1n) is 13.5. The molecule has 4 N–H and O–H groups in total. The summed E-state index contributed by atoms with van der Waals surface area (Å²) in [6, 6.07) is 6.88. The van der Waals surface area contributed by atoms with Crippen LogP contribution in [0.25, 0.3) is 0 Å². The zero-order chi connectivity index (χ0) is 30.0. The highest BCUT2D eigenvalue weighted by Gasteiger charge is 2.38. The summed E-state index contributed by atoms with van der Waals surface area (Å²) in [5.41, 5.74) is 0.716. The molecule has 3 atom stereocenters. The third-order valence-electron chi connectivity index (χ3n) is 6.07. The van der Waals surface area contributed by atoms with Crippen molar-refractivity contribution in [1.29, 1.82) is 0 Å². The molecular weight excluding hydrogens is 552 g/mol. The molecule has 1 aromatic carbocycles. The molecule has 0 aromatic heterocycles. The van der Waals surface area contributed by atoms with E-state index in [2.05, 4.69) is 17.1 Å². The number of rotatable bonds is 17. The van der Waals surface area contributed by atoms with Crippen LogP contribution in [0.5, 0.6) is 5.75 Å². The summed E-state index contributed by atoms with van der Waals surface area (Å²) in [6.07, 6.45) is -0.878. The van der Waals surface area contributed by atoms with Gasteiger partial charge in [-0.2, -0.15) is 13.2 Å². The van der Waals surface area contributed by atoms with Gasteiger partial charge in [0, 0.05) is 32.7 Å². The van der Waals surface area contributed by atoms with Crippen molar-refractivity contribution in [2.45, 2.75) is 83.7 Å². The van der Waals surface area contributed by atoms with Crippen LogP contribution in [0, 0.1) is 0 Å². The van der Waals surface area contributed by atoms with Gasteiger partial charge < -0.3 is 30.1 Å². The largest absolute Gasteiger partial charge is 0.494 e. The maximum Gasteiger partial charge on any atom is 0.490 e. The topological polar surface area (TPSA) is 129 Å². The predicted molar refractivity (Wildman–Crippen MR) is 146 cm³/mol. The van der Waals surface area contributed by atoms with Crippen molar-refractivity contribution in [2.24, 2.45) is 0 Å². The lowest BCUT2D eigenvalue weighted by Crippen LogP contribution is -2.47. The normalized spacial score (nSPS) is 16.6. The predicted octanol–water partition coefficient (Wildman–Crippen LogP) is 4.27. The third-order valence-corrected chi connectivity index (χ3v) is 6.07. The molecule has 9 nitrogen and oxygen atoms in total. The molecule has 238 valence electrons. The zero-order valence-electron chi connectivity index (χ0n) is 22.9. The molecule has 1 fully saturated rings. The number of β-amino-alcohol motifs (C(OH)–C–C–N with tert-alkyl or cyclic N) is 1. The molecular formula is C28H46F4N2O7. The Kier molecular flexibility index (Phi) is 20.0. The first-order chi connectivity index (χ1) is 19.0. The quantitative estimate of drug-likeness (QED) is 0.155. The zero-order valence-corrected chi connectivity index (χ0v) is 22.9. The van der Waals surface area contributed by atoms with E-state index < -0.39 is 31.0 Å². The van der Waals surface area contributed by atoms with E-state index in [1.807, 2.05) is 24.3 Å². The molecule has 1 aliphatic rings. The number of carbonyl (C=O) groups is 2. The molecule has 13 heteroatoms. The summed E-state index contributed by atoms with van der Waals surface area (Å²) in [4.78, 5) is 23.5. The van der Waals surface area contributed by atoms with E-state index in [9.17, 15) is 32.6 Å². The van der Waals surface area contributed by atoms with Crippen molar-refractivity contribution in [3.8, 4) is 5.75 Å². The Morgan fingerprint density at radius 3 is 2.29 bits per heavy atom. The lowest BCUT2D eigenvalue weighted by Gasteiger charge is -2.29. The fourth-order valence-electron chi connectivity index (χ4n) is 3.91. The van der Waals surface area contributed by atoms with Gasteiger partial charge in [-0.25, -0.2) is 9.18 Å². The van der Waals surface area contributed by atoms with Crippen molar-refractivity contribution < 1.29 is 51.9 Å². The number of amides is 1. The second-order valence-corrected chi connectivity index (χ2v) is 9.51. The summed E-state index contributed by atoms with van der Waals surface area (Å²) < 4.78 is 54.6. The number of nitrogens with one attached hydrogen (secondary N) is 1. The van der Waals surface area contributed by atoms with E-state index >= 15 is 0 Å². The number of ether oxygens (including phenoxy) is 2. The number of aliphatic hydroxyl groups excluding tert-OH is 2. The molecule has 1 saturated heterocycles. The van der Waals surface area contributed by atoms with Gasteiger partial charge in [0.1, 0.15) is 18.5 Å². The molecule has 1 aromatic rings. The molecule has 0 aliphatic carbocycles. The van der Waals surface area contributed by atoms with Gasteiger partial charge in [-0.3, -0.25) is 9.69 Å². The summed E-state index contributed by atoms with van der Waals surface area (Å²) in [6.45, 7) is 4.67. The monoisotopic (exact) mass is 598 g/mol. The number of benzene rings is 1.